The van der Waals surface area contributed by atoms with Crippen molar-refractivity contribution in [2.45, 2.75) is 64.1 Å². The minimum absolute atomic E-state index is 0.148. The molecule has 114 valence electrons. The van der Waals surface area contributed by atoms with Crippen molar-refractivity contribution in [3.63, 3.8) is 0 Å². The molecule has 1 aliphatic rings. The van der Waals surface area contributed by atoms with E-state index in [0.717, 1.165) is 38.6 Å². The third-order valence-corrected chi connectivity index (χ3v) is 3.81. The number of nitrogens with zero attached hydrogens (tertiary/aromatic N) is 1. The van der Waals surface area contributed by atoms with Crippen LogP contribution >= 0.6 is 0 Å². The zero-order chi connectivity index (χ0) is 14.3. The van der Waals surface area contributed by atoms with Gasteiger partial charge < -0.3 is 15.2 Å². The van der Waals surface area contributed by atoms with E-state index in [1.54, 1.807) is 7.11 Å². The molecule has 19 heavy (non-hydrogen) atoms. The summed E-state index contributed by atoms with van der Waals surface area (Å²) < 4.78 is 5.18. The van der Waals surface area contributed by atoms with E-state index in [4.69, 9.17) is 4.74 Å². The van der Waals surface area contributed by atoms with Gasteiger partial charge in [0.25, 0.3) is 0 Å². The molecular formula is C15H32N2O2. The van der Waals surface area contributed by atoms with Crippen LogP contribution in [-0.2, 0) is 4.74 Å². The molecule has 0 heterocycles. The SMILES string of the molecule is COCCN(CCCC(C)(CO)NC(C)C)C1CC1. The number of hydrogen-bond acceptors (Lipinski definition) is 4. The molecule has 2 N–H and O–H groups in total. The molecule has 4 heteroatoms. The number of aliphatic hydroxyl groups excluding tert-OH is 1. The van der Waals surface area contributed by atoms with E-state index in [9.17, 15) is 5.11 Å². The first-order valence-corrected chi connectivity index (χ1v) is 7.62. The van der Waals surface area contributed by atoms with Crippen LogP contribution in [0.1, 0.15) is 46.5 Å². The van der Waals surface area contributed by atoms with Gasteiger partial charge in [0.15, 0.2) is 0 Å². The van der Waals surface area contributed by atoms with E-state index >= 15 is 0 Å². The smallest absolute Gasteiger partial charge is 0.0610 e. The molecule has 0 bridgehead atoms. The van der Waals surface area contributed by atoms with Crippen LogP contribution in [0.4, 0.5) is 0 Å². The Balaban J connectivity index is 2.28. The molecule has 1 fully saturated rings. The molecule has 0 aromatic rings. The predicted octanol–water partition coefficient (Wildman–Crippen LogP) is 1.63. The standard InChI is InChI=1S/C15H32N2O2/c1-13(2)16-15(3,12-18)8-5-9-17(10-11-19-4)14-6-7-14/h13-14,16,18H,5-12H2,1-4H3. The topological polar surface area (TPSA) is 44.7 Å². The Labute approximate surface area is 118 Å². The number of methoxy groups -OCH3 is 1. The molecule has 1 atom stereocenters. The lowest BCUT2D eigenvalue weighted by Gasteiger charge is -2.32. The number of rotatable bonds is 11. The van der Waals surface area contributed by atoms with E-state index in [1.165, 1.54) is 12.8 Å². The van der Waals surface area contributed by atoms with Gasteiger partial charge in [-0.25, -0.2) is 0 Å². The van der Waals surface area contributed by atoms with Crippen LogP contribution in [0.15, 0.2) is 0 Å². The molecule has 0 saturated heterocycles. The van der Waals surface area contributed by atoms with Gasteiger partial charge in [0.1, 0.15) is 0 Å². The lowest BCUT2D eigenvalue weighted by molar-refractivity contribution is 0.128. The summed E-state index contributed by atoms with van der Waals surface area (Å²) in [4.78, 5) is 2.54. The summed E-state index contributed by atoms with van der Waals surface area (Å²) in [7, 11) is 1.76. The van der Waals surface area contributed by atoms with Crippen molar-refractivity contribution in [3.8, 4) is 0 Å². The molecule has 0 aromatic heterocycles. The molecule has 0 amide bonds. The van der Waals surface area contributed by atoms with E-state index in [0.29, 0.717) is 6.04 Å². The molecule has 4 nitrogen and oxygen atoms in total. The van der Waals surface area contributed by atoms with Gasteiger partial charge in [-0.1, -0.05) is 13.8 Å². The second-order valence-electron chi connectivity index (χ2n) is 6.38. The largest absolute Gasteiger partial charge is 0.394 e. The zero-order valence-corrected chi connectivity index (χ0v) is 13.1. The second kappa shape index (κ2) is 8.20. The Morgan fingerprint density at radius 2 is 2.05 bits per heavy atom. The Hall–Kier alpha value is -0.160. The first-order valence-electron chi connectivity index (χ1n) is 7.62. The number of ether oxygens (including phenoxy) is 1. The minimum atomic E-state index is -0.148. The summed E-state index contributed by atoms with van der Waals surface area (Å²) in [6.45, 7) is 9.54. The van der Waals surface area contributed by atoms with Gasteiger partial charge in [0, 0.05) is 31.3 Å². The molecule has 1 aliphatic carbocycles. The van der Waals surface area contributed by atoms with Crippen molar-refractivity contribution >= 4 is 0 Å². The Morgan fingerprint density at radius 3 is 2.53 bits per heavy atom. The number of aliphatic hydroxyl groups is 1. The van der Waals surface area contributed by atoms with Crippen molar-refractivity contribution < 1.29 is 9.84 Å². The van der Waals surface area contributed by atoms with E-state index in [-0.39, 0.29) is 12.1 Å². The summed E-state index contributed by atoms with van der Waals surface area (Å²) in [5, 5.41) is 13.0. The quantitative estimate of drug-likeness (QED) is 0.600. The van der Waals surface area contributed by atoms with Crippen molar-refractivity contribution in [2.75, 3.05) is 33.4 Å². The summed E-state index contributed by atoms with van der Waals surface area (Å²) >= 11 is 0. The van der Waals surface area contributed by atoms with E-state index < -0.39 is 0 Å². The second-order valence-corrected chi connectivity index (χ2v) is 6.38. The molecule has 0 aliphatic heterocycles. The molecule has 0 spiro atoms. The first-order chi connectivity index (χ1) is 9.00. The van der Waals surface area contributed by atoms with Crippen LogP contribution in [0.5, 0.6) is 0 Å². The monoisotopic (exact) mass is 272 g/mol. The first kappa shape index (κ1) is 16.9. The Bertz CT molecular complexity index is 244. The number of hydrogen-bond donors (Lipinski definition) is 2. The van der Waals surface area contributed by atoms with Crippen molar-refractivity contribution in [1.82, 2.24) is 10.2 Å². The van der Waals surface area contributed by atoms with Crippen LogP contribution in [0.25, 0.3) is 0 Å². The average molecular weight is 272 g/mol. The molecule has 0 radical (unpaired) electrons. The van der Waals surface area contributed by atoms with Crippen LogP contribution in [0, 0.1) is 0 Å². The highest BCUT2D eigenvalue weighted by molar-refractivity contribution is 4.87. The zero-order valence-electron chi connectivity index (χ0n) is 13.1. The Kier molecular flexibility index (Phi) is 7.29. The lowest BCUT2D eigenvalue weighted by Crippen LogP contribution is -2.49. The molecule has 1 saturated carbocycles. The van der Waals surface area contributed by atoms with Gasteiger partial charge in [-0.3, -0.25) is 4.90 Å². The predicted molar refractivity (Wildman–Crippen MR) is 79.5 cm³/mol. The highest BCUT2D eigenvalue weighted by Gasteiger charge is 2.29. The fourth-order valence-corrected chi connectivity index (χ4v) is 2.69. The van der Waals surface area contributed by atoms with E-state index in [2.05, 4.69) is 31.0 Å². The molecule has 1 rings (SSSR count). The number of nitrogens with one attached hydrogen (secondary N) is 1. The summed E-state index contributed by atoms with van der Waals surface area (Å²) in [6.07, 6.45) is 4.81. The van der Waals surface area contributed by atoms with Crippen LogP contribution in [-0.4, -0.2) is 61.0 Å². The minimum Gasteiger partial charge on any atom is -0.394 e. The van der Waals surface area contributed by atoms with Gasteiger partial charge in [-0.15, -0.1) is 0 Å². The van der Waals surface area contributed by atoms with Gasteiger partial charge in [-0.05, 0) is 39.2 Å². The summed E-state index contributed by atoms with van der Waals surface area (Å²) in [5.74, 6) is 0. The van der Waals surface area contributed by atoms with Gasteiger partial charge >= 0.3 is 0 Å². The van der Waals surface area contributed by atoms with Crippen molar-refractivity contribution in [1.29, 1.82) is 0 Å². The maximum absolute atomic E-state index is 9.57. The normalized spacial score (nSPS) is 19.1. The van der Waals surface area contributed by atoms with Crippen LogP contribution in [0.3, 0.4) is 0 Å². The fourth-order valence-electron chi connectivity index (χ4n) is 2.69. The lowest BCUT2D eigenvalue weighted by atomic mass is 9.95. The maximum Gasteiger partial charge on any atom is 0.0610 e. The van der Waals surface area contributed by atoms with Crippen molar-refractivity contribution in [3.05, 3.63) is 0 Å². The third kappa shape index (κ3) is 6.70. The van der Waals surface area contributed by atoms with Crippen LogP contribution < -0.4 is 5.32 Å². The third-order valence-electron chi connectivity index (χ3n) is 3.81. The van der Waals surface area contributed by atoms with Gasteiger partial charge in [0.2, 0.25) is 0 Å². The van der Waals surface area contributed by atoms with E-state index in [1.807, 2.05) is 0 Å². The highest BCUT2D eigenvalue weighted by atomic mass is 16.5. The van der Waals surface area contributed by atoms with Gasteiger partial charge in [-0.2, -0.15) is 0 Å². The Morgan fingerprint density at radius 1 is 1.37 bits per heavy atom. The highest BCUT2D eigenvalue weighted by Crippen LogP contribution is 2.27. The molecule has 0 aromatic carbocycles. The average Bonchev–Trinajstić information content (AvgIpc) is 3.17. The maximum atomic E-state index is 9.57. The molecular weight excluding hydrogens is 240 g/mol. The fraction of sp³-hybridized carbons (Fsp3) is 1.00. The molecule has 1 unspecified atom stereocenters. The van der Waals surface area contributed by atoms with Crippen LogP contribution in [0.2, 0.25) is 0 Å². The summed E-state index contributed by atoms with van der Waals surface area (Å²) in [6, 6.07) is 1.19. The summed E-state index contributed by atoms with van der Waals surface area (Å²) in [5.41, 5.74) is -0.148. The van der Waals surface area contributed by atoms with Gasteiger partial charge in [0.05, 0.1) is 13.2 Å². The van der Waals surface area contributed by atoms with Crippen molar-refractivity contribution in [2.24, 2.45) is 0 Å².